The smallest absolute Gasteiger partial charge is 0.316 e. The first-order chi connectivity index (χ1) is 12.0. The molecule has 3 amide bonds. The van der Waals surface area contributed by atoms with Gasteiger partial charge in [0.15, 0.2) is 0 Å². The summed E-state index contributed by atoms with van der Waals surface area (Å²) in [7, 11) is 0. The van der Waals surface area contributed by atoms with E-state index in [1.165, 1.54) is 23.5 Å². The molecule has 1 aliphatic heterocycles. The SMILES string of the molecule is NC(=O)Nc1cc(-c2ccc(F)cc2)sc1C(=O)N[C@H]1CCCNC1. The third-order valence-corrected chi connectivity index (χ3v) is 5.14. The number of nitrogens with one attached hydrogen (secondary N) is 3. The number of primary amides is 1. The van der Waals surface area contributed by atoms with Crippen molar-refractivity contribution in [3.05, 3.63) is 41.0 Å². The molecule has 3 rings (SSSR count). The summed E-state index contributed by atoms with van der Waals surface area (Å²) in [5, 5.41) is 8.71. The highest BCUT2D eigenvalue weighted by atomic mass is 32.1. The molecular weight excluding hydrogens is 343 g/mol. The van der Waals surface area contributed by atoms with Gasteiger partial charge in [0, 0.05) is 17.5 Å². The van der Waals surface area contributed by atoms with Crippen LogP contribution in [0.4, 0.5) is 14.9 Å². The molecular formula is C17H19FN4O2S. The molecule has 0 radical (unpaired) electrons. The summed E-state index contributed by atoms with van der Waals surface area (Å²) in [4.78, 5) is 25.0. The molecule has 1 aromatic heterocycles. The third-order valence-electron chi connectivity index (χ3n) is 3.96. The van der Waals surface area contributed by atoms with E-state index in [0.717, 1.165) is 36.4 Å². The Labute approximate surface area is 148 Å². The molecule has 0 unspecified atom stereocenters. The van der Waals surface area contributed by atoms with E-state index < -0.39 is 6.03 Å². The molecule has 1 atom stereocenters. The van der Waals surface area contributed by atoms with Crippen LogP contribution in [-0.4, -0.2) is 31.1 Å². The second kappa shape index (κ2) is 7.62. The normalized spacial score (nSPS) is 17.1. The number of piperidine rings is 1. The Hall–Kier alpha value is -2.45. The van der Waals surface area contributed by atoms with Crippen LogP contribution in [0.15, 0.2) is 30.3 Å². The maximum absolute atomic E-state index is 13.1. The van der Waals surface area contributed by atoms with Crippen LogP contribution in [0.3, 0.4) is 0 Å². The lowest BCUT2D eigenvalue weighted by atomic mass is 10.1. The lowest BCUT2D eigenvalue weighted by Crippen LogP contribution is -2.45. The topological polar surface area (TPSA) is 96.2 Å². The van der Waals surface area contributed by atoms with Crippen LogP contribution in [0.2, 0.25) is 0 Å². The summed E-state index contributed by atoms with van der Waals surface area (Å²) in [6, 6.07) is 6.95. The van der Waals surface area contributed by atoms with Crippen LogP contribution >= 0.6 is 11.3 Å². The van der Waals surface area contributed by atoms with Crippen molar-refractivity contribution in [2.45, 2.75) is 18.9 Å². The summed E-state index contributed by atoms with van der Waals surface area (Å²) in [5.74, 6) is -0.589. The first kappa shape index (κ1) is 17.4. The minimum Gasteiger partial charge on any atom is -0.351 e. The van der Waals surface area contributed by atoms with Crippen molar-refractivity contribution in [3.8, 4) is 10.4 Å². The van der Waals surface area contributed by atoms with E-state index >= 15 is 0 Å². The molecule has 0 bridgehead atoms. The number of carbonyl (C=O) groups excluding carboxylic acids is 2. The van der Waals surface area contributed by atoms with E-state index in [4.69, 9.17) is 5.73 Å². The van der Waals surface area contributed by atoms with E-state index in [9.17, 15) is 14.0 Å². The van der Waals surface area contributed by atoms with Crippen molar-refractivity contribution in [1.29, 1.82) is 0 Å². The van der Waals surface area contributed by atoms with Gasteiger partial charge in [-0.3, -0.25) is 4.79 Å². The number of thiophene rings is 1. The van der Waals surface area contributed by atoms with Crippen LogP contribution in [0.5, 0.6) is 0 Å². The number of amides is 3. The fourth-order valence-corrected chi connectivity index (χ4v) is 3.79. The average Bonchev–Trinajstić information content (AvgIpc) is 2.99. The number of halogens is 1. The van der Waals surface area contributed by atoms with E-state index in [1.807, 2.05) is 0 Å². The van der Waals surface area contributed by atoms with Crippen LogP contribution in [0, 0.1) is 5.82 Å². The van der Waals surface area contributed by atoms with Gasteiger partial charge >= 0.3 is 6.03 Å². The van der Waals surface area contributed by atoms with Crippen molar-refractivity contribution >= 4 is 29.0 Å². The standard InChI is InChI=1S/C17H19FN4O2S/c18-11-5-3-10(4-6-11)14-8-13(22-17(19)24)15(25-14)16(23)21-12-2-1-7-20-9-12/h3-6,8,12,20H,1-2,7,9H2,(H,21,23)(H3,19,22,24)/t12-/m0/s1. The first-order valence-electron chi connectivity index (χ1n) is 8.01. The third kappa shape index (κ3) is 4.34. The Morgan fingerprint density at radius 1 is 1.28 bits per heavy atom. The largest absolute Gasteiger partial charge is 0.351 e. The molecule has 2 heterocycles. The fraction of sp³-hybridized carbons (Fsp3) is 0.294. The molecule has 0 saturated carbocycles. The van der Waals surface area contributed by atoms with Crippen LogP contribution in [0.25, 0.3) is 10.4 Å². The van der Waals surface area contributed by atoms with Gasteiger partial charge in [0.2, 0.25) is 0 Å². The van der Waals surface area contributed by atoms with Crippen molar-refractivity contribution in [2.75, 3.05) is 18.4 Å². The van der Waals surface area contributed by atoms with Gasteiger partial charge < -0.3 is 21.7 Å². The molecule has 1 aromatic carbocycles. The van der Waals surface area contributed by atoms with Crippen molar-refractivity contribution in [3.63, 3.8) is 0 Å². The number of hydrogen-bond acceptors (Lipinski definition) is 4. The summed E-state index contributed by atoms with van der Waals surface area (Å²) in [6.45, 7) is 1.68. The number of benzene rings is 1. The summed E-state index contributed by atoms with van der Waals surface area (Å²) < 4.78 is 13.1. The molecule has 6 nitrogen and oxygen atoms in total. The Morgan fingerprint density at radius 3 is 2.68 bits per heavy atom. The number of rotatable bonds is 4. The Bertz CT molecular complexity index is 769. The first-order valence-corrected chi connectivity index (χ1v) is 8.82. The van der Waals surface area contributed by atoms with Gasteiger partial charge in [0.05, 0.1) is 5.69 Å². The number of anilines is 1. The van der Waals surface area contributed by atoms with Crippen LogP contribution < -0.4 is 21.7 Å². The molecule has 132 valence electrons. The maximum Gasteiger partial charge on any atom is 0.316 e. The van der Waals surface area contributed by atoms with Gasteiger partial charge in [0.1, 0.15) is 10.7 Å². The van der Waals surface area contributed by atoms with Gasteiger partial charge in [-0.1, -0.05) is 12.1 Å². The molecule has 2 aromatic rings. The minimum absolute atomic E-state index is 0.0547. The van der Waals surface area contributed by atoms with Crippen molar-refractivity contribution in [1.82, 2.24) is 10.6 Å². The van der Waals surface area contributed by atoms with Crippen LogP contribution in [0.1, 0.15) is 22.5 Å². The highest BCUT2D eigenvalue weighted by Crippen LogP contribution is 2.35. The summed E-state index contributed by atoms with van der Waals surface area (Å²) in [6.07, 6.45) is 1.91. The Morgan fingerprint density at radius 2 is 2.04 bits per heavy atom. The number of urea groups is 1. The van der Waals surface area contributed by atoms with Gasteiger partial charge in [-0.15, -0.1) is 11.3 Å². The second-order valence-electron chi connectivity index (χ2n) is 5.87. The van der Waals surface area contributed by atoms with Gasteiger partial charge in [-0.25, -0.2) is 9.18 Å². The monoisotopic (exact) mass is 362 g/mol. The molecule has 5 N–H and O–H groups in total. The lowest BCUT2D eigenvalue weighted by Gasteiger charge is -2.23. The van der Waals surface area contributed by atoms with Gasteiger partial charge in [-0.2, -0.15) is 0 Å². The van der Waals surface area contributed by atoms with E-state index in [2.05, 4.69) is 16.0 Å². The number of carbonyl (C=O) groups is 2. The van der Waals surface area contributed by atoms with E-state index in [0.29, 0.717) is 10.6 Å². The summed E-state index contributed by atoms with van der Waals surface area (Å²) in [5.41, 5.74) is 6.33. The molecule has 1 saturated heterocycles. The molecule has 25 heavy (non-hydrogen) atoms. The number of nitrogens with two attached hydrogens (primary N) is 1. The predicted molar refractivity (Wildman–Crippen MR) is 96.3 cm³/mol. The Kier molecular flexibility index (Phi) is 5.30. The number of hydrogen-bond donors (Lipinski definition) is 4. The highest BCUT2D eigenvalue weighted by Gasteiger charge is 2.22. The quantitative estimate of drug-likeness (QED) is 0.673. The average molecular weight is 362 g/mol. The van der Waals surface area contributed by atoms with Crippen molar-refractivity contribution < 1.29 is 14.0 Å². The zero-order chi connectivity index (χ0) is 17.8. The predicted octanol–water partition coefficient (Wildman–Crippen LogP) is 2.53. The molecule has 0 aliphatic carbocycles. The Balaban J connectivity index is 1.86. The second-order valence-corrected chi connectivity index (χ2v) is 6.92. The van der Waals surface area contributed by atoms with Crippen LogP contribution in [-0.2, 0) is 0 Å². The molecule has 1 aliphatic rings. The molecule has 1 fully saturated rings. The fourth-order valence-electron chi connectivity index (χ4n) is 2.77. The molecule has 8 heteroatoms. The summed E-state index contributed by atoms with van der Waals surface area (Å²) >= 11 is 1.23. The maximum atomic E-state index is 13.1. The molecule has 0 spiro atoms. The minimum atomic E-state index is -0.739. The van der Waals surface area contributed by atoms with Gasteiger partial charge in [-0.05, 0) is 43.1 Å². The lowest BCUT2D eigenvalue weighted by molar-refractivity contribution is 0.0935. The van der Waals surface area contributed by atoms with E-state index in [1.54, 1.807) is 18.2 Å². The highest BCUT2D eigenvalue weighted by molar-refractivity contribution is 7.18. The van der Waals surface area contributed by atoms with Crippen molar-refractivity contribution in [2.24, 2.45) is 5.73 Å². The zero-order valence-electron chi connectivity index (χ0n) is 13.5. The zero-order valence-corrected chi connectivity index (χ0v) is 14.3. The van der Waals surface area contributed by atoms with E-state index in [-0.39, 0.29) is 17.8 Å². The van der Waals surface area contributed by atoms with Gasteiger partial charge in [0.25, 0.3) is 5.91 Å².